The zero-order valence-electron chi connectivity index (χ0n) is 15.7. The third kappa shape index (κ3) is 4.64. The predicted molar refractivity (Wildman–Crippen MR) is 99.0 cm³/mol. The number of carbonyl (C=O) groups excluding carboxylic acids is 1. The first-order valence-corrected chi connectivity index (χ1v) is 9.22. The topological polar surface area (TPSA) is 67.6 Å². The van der Waals surface area contributed by atoms with Crippen molar-refractivity contribution in [1.29, 1.82) is 0 Å². The van der Waals surface area contributed by atoms with Crippen LogP contribution in [-0.2, 0) is 13.1 Å². The van der Waals surface area contributed by atoms with E-state index in [1.807, 2.05) is 32.0 Å². The van der Waals surface area contributed by atoms with E-state index in [9.17, 15) is 4.79 Å². The van der Waals surface area contributed by atoms with E-state index in [2.05, 4.69) is 21.3 Å². The number of aromatic nitrogens is 1. The van der Waals surface area contributed by atoms with Crippen molar-refractivity contribution in [1.82, 2.24) is 15.2 Å². The van der Waals surface area contributed by atoms with Crippen LogP contribution in [0.2, 0.25) is 0 Å². The molecule has 1 atom stereocenters. The Bertz CT molecular complexity index is 739. The maximum Gasteiger partial charge on any atom is 0.273 e. The number of benzene rings is 1. The summed E-state index contributed by atoms with van der Waals surface area (Å²) in [4.78, 5) is 18.9. The van der Waals surface area contributed by atoms with Gasteiger partial charge in [0.05, 0.1) is 13.7 Å². The second-order valence-electron chi connectivity index (χ2n) is 6.86. The number of ether oxygens (including phenoxy) is 1. The lowest BCUT2D eigenvalue weighted by Gasteiger charge is -2.21. The molecular formula is C20H27N3O3. The molecule has 1 unspecified atom stereocenters. The van der Waals surface area contributed by atoms with E-state index >= 15 is 0 Å². The Morgan fingerprint density at radius 2 is 2.15 bits per heavy atom. The average molecular weight is 357 g/mol. The maximum absolute atomic E-state index is 12.2. The van der Waals surface area contributed by atoms with Crippen LogP contribution in [0.4, 0.5) is 0 Å². The van der Waals surface area contributed by atoms with Gasteiger partial charge >= 0.3 is 0 Å². The molecule has 0 spiro atoms. The molecule has 1 saturated carbocycles. The van der Waals surface area contributed by atoms with Gasteiger partial charge in [0.15, 0.2) is 5.69 Å². The number of nitrogens with one attached hydrogen (secondary N) is 1. The van der Waals surface area contributed by atoms with Crippen molar-refractivity contribution in [2.24, 2.45) is 0 Å². The number of amides is 1. The van der Waals surface area contributed by atoms with Crippen molar-refractivity contribution in [3.05, 3.63) is 47.7 Å². The fraction of sp³-hybridized carbons (Fsp3) is 0.500. The smallest absolute Gasteiger partial charge is 0.273 e. The Kier molecular flexibility index (Phi) is 5.93. The summed E-state index contributed by atoms with van der Waals surface area (Å²) >= 11 is 0. The minimum atomic E-state index is -0.183. The number of carbonyl (C=O) groups is 1. The summed E-state index contributed by atoms with van der Waals surface area (Å²) in [5, 5.41) is 2.91. The predicted octanol–water partition coefficient (Wildman–Crippen LogP) is 3.38. The highest BCUT2D eigenvalue weighted by atomic mass is 16.5. The van der Waals surface area contributed by atoms with Gasteiger partial charge < -0.3 is 14.5 Å². The zero-order valence-corrected chi connectivity index (χ0v) is 15.7. The Labute approximate surface area is 154 Å². The SMILES string of the molecule is CCC(C)NC(=O)c1coc(CN(Cc2ccccc2OC)C2CC2)n1. The molecular weight excluding hydrogens is 330 g/mol. The molecule has 0 aliphatic heterocycles. The van der Waals surface area contributed by atoms with Gasteiger partial charge in [-0.2, -0.15) is 0 Å². The lowest BCUT2D eigenvalue weighted by atomic mass is 10.2. The Morgan fingerprint density at radius 1 is 1.38 bits per heavy atom. The fourth-order valence-electron chi connectivity index (χ4n) is 2.87. The summed E-state index contributed by atoms with van der Waals surface area (Å²) in [5.41, 5.74) is 1.48. The second-order valence-corrected chi connectivity index (χ2v) is 6.86. The van der Waals surface area contributed by atoms with Gasteiger partial charge in [-0.25, -0.2) is 4.98 Å². The third-order valence-electron chi connectivity index (χ3n) is 4.74. The van der Waals surface area contributed by atoms with Crippen LogP contribution in [0.25, 0.3) is 0 Å². The largest absolute Gasteiger partial charge is 0.496 e. The Morgan fingerprint density at radius 3 is 2.85 bits per heavy atom. The zero-order chi connectivity index (χ0) is 18.5. The van der Waals surface area contributed by atoms with E-state index in [4.69, 9.17) is 9.15 Å². The van der Waals surface area contributed by atoms with E-state index in [-0.39, 0.29) is 11.9 Å². The van der Waals surface area contributed by atoms with Crippen molar-refractivity contribution in [3.63, 3.8) is 0 Å². The molecule has 6 nitrogen and oxygen atoms in total. The van der Waals surface area contributed by atoms with Crippen molar-refractivity contribution in [2.75, 3.05) is 7.11 Å². The van der Waals surface area contributed by atoms with Crippen LogP contribution >= 0.6 is 0 Å². The fourth-order valence-corrected chi connectivity index (χ4v) is 2.87. The van der Waals surface area contributed by atoms with Crippen LogP contribution in [-0.4, -0.2) is 35.0 Å². The van der Waals surface area contributed by atoms with Crippen LogP contribution in [0.1, 0.15) is 55.1 Å². The van der Waals surface area contributed by atoms with Crippen molar-refractivity contribution in [3.8, 4) is 5.75 Å². The van der Waals surface area contributed by atoms with Gasteiger partial charge in [-0.1, -0.05) is 25.1 Å². The molecule has 1 aliphatic rings. The van der Waals surface area contributed by atoms with Crippen LogP contribution in [0.3, 0.4) is 0 Å². The highest BCUT2D eigenvalue weighted by molar-refractivity contribution is 5.92. The lowest BCUT2D eigenvalue weighted by molar-refractivity contribution is 0.0934. The standard InChI is InChI=1S/C20H27N3O3/c1-4-14(2)21-20(24)17-13-26-19(22-17)12-23(16-9-10-16)11-15-7-5-6-8-18(15)25-3/h5-8,13-14,16H,4,9-12H2,1-3H3,(H,21,24). The van der Waals surface area contributed by atoms with E-state index in [1.54, 1.807) is 7.11 Å². The van der Waals surface area contributed by atoms with Crippen LogP contribution < -0.4 is 10.1 Å². The maximum atomic E-state index is 12.2. The second kappa shape index (κ2) is 8.36. The third-order valence-corrected chi connectivity index (χ3v) is 4.74. The number of para-hydroxylation sites is 1. The minimum absolute atomic E-state index is 0.121. The molecule has 26 heavy (non-hydrogen) atoms. The molecule has 0 radical (unpaired) electrons. The molecule has 1 amide bonds. The number of rotatable bonds is 9. The van der Waals surface area contributed by atoms with Gasteiger partial charge in [0.2, 0.25) is 5.89 Å². The summed E-state index contributed by atoms with van der Waals surface area (Å²) in [6, 6.07) is 8.70. The molecule has 1 N–H and O–H groups in total. The summed E-state index contributed by atoms with van der Waals surface area (Å²) in [6.07, 6.45) is 4.68. The van der Waals surface area contributed by atoms with Gasteiger partial charge in [0, 0.05) is 24.2 Å². The molecule has 1 heterocycles. The highest BCUT2D eigenvalue weighted by Gasteiger charge is 2.30. The molecule has 1 aliphatic carbocycles. The first kappa shape index (κ1) is 18.5. The summed E-state index contributed by atoms with van der Waals surface area (Å²) in [5.74, 6) is 1.28. The highest BCUT2D eigenvalue weighted by Crippen LogP contribution is 2.31. The molecule has 1 aromatic heterocycles. The van der Waals surface area contributed by atoms with Gasteiger partial charge in [-0.05, 0) is 32.3 Å². The Hall–Kier alpha value is -2.34. The summed E-state index contributed by atoms with van der Waals surface area (Å²) in [7, 11) is 1.69. The molecule has 140 valence electrons. The lowest BCUT2D eigenvalue weighted by Crippen LogP contribution is -2.32. The van der Waals surface area contributed by atoms with Gasteiger partial charge in [0.25, 0.3) is 5.91 Å². The number of hydrogen-bond donors (Lipinski definition) is 1. The van der Waals surface area contributed by atoms with Crippen LogP contribution in [0.5, 0.6) is 5.75 Å². The Balaban J connectivity index is 1.67. The minimum Gasteiger partial charge on any atom is -0.496 e. The summed E-state index contributed by atoms with van der Waals surface area (Å²) < 4.78 is 11.0. The number of nitrogens with zero attached hydrogens (tertiary/aromatic N) is 2. The molecule has 6 heteroatoms. The molecule has 3 rings (SSSR count). The molecule has 0 saturated heterocycles. The van der Waals surface area contributed by atoms with E-state index in [0.29, 0.717) is 24.2 Å². The molecule has 0 bridgehead atoms. The molecule has 1 fully saturated rings. The summed E-state index contributed by atoms with van der Waals surface area (Å²) in [6.45, 7) is 5.36. The van der Waals surface area contributed by atoms with Gasteiger partial charge in [-0.15, -0.1) is 0 Å². The van der Waals surface area contributed by atoms with E-state index < -0.39 is 0 Å². The van der Waals surface area contributed by atoms with E-state index in [0.717, 1.165) is 24.3 Å². The number of hydrogen-bond acceptors (Lipinski definition) is 5. The number of methoxy groups -OCH3 is 1. The van der Waals surface area contributed by atoms with Crippen LogP contribution in [0.15, 0.2) is 34.9 Å². The monoisotopic (exact) mass is 357 g/mol. The van der Waals surface area contributed by atoms with Crippen molar-refractivity contribution < 1.29 is 13.9 Å². The first-order chi connectivity index (χ1) is 12.6. The van der Waals surface area contributed by atoms with Crippen molar-refractivity contribution >= 4 is 5.91 Å². The van der Waals surface area contributed by atoms with Crippen LogP contribution in [0, 0.1) is 0 Å². The van der Waals surface area contributed by atoms with Crippen molar-refractivity contribution in [2.45, 2.75) is 58.3 Å². The van der Waals surface area contributed by atoms with Gasteiger partial charge in [0.1, 0.15) is 12.0 Å². The first-order valence-electron chi connectivity index (χ1n) is 9.22. The average Bonchev–Trinajstić information content (AvgIpc) is 3.40. The van der Waals surface area contributed by atoms with Gasteiger partial charge in [-0.3, -0.25) is 9.69 Å². The normalized spacial score (nSPS) is 15.1. The molecule has 2 aromatic rings. The molecule has 1 aromatic carbocycles. The van der Waals surface area contributed by atoms with E-state index in [1.165, 1.54) is 19.1 Å². The quantitative estimate of drug-likeness (QED) is 0.745. The number of oxazole rings is 1.